The molecule has 2 fully saturated rings. The van der Waals surface area contributed by atoms with E-state index in [2.05, 4.69) is 71.2 Å². The first kappa shape index (κ1) is 27.6. The maximum absolute atomic E-state index is 12.9. The lowest BCUT2D eigenvalue weighted by Gasteiger charge is -2.54. The van der Waals surface area contributed by atoms with Crippen LogP contribution in [0.1, 0.15) is 83.0 Å². The van der Waals surface area contributed by atoms with Gasteiger partial charge in [0.25, 0.3) is 0 Å². The zero-order chi connectivity index (χ0) is 27.3. The van der Waals surface area contributed by atoms with E-state index in [9.17, 15) is 4.79 Å². The highest BCUT2D eigenvalue weighted by Crippen LogP contribution is 2.68. The zero-order valence-corrected chi connectivity index (χ0v) is 24.8. The molecule has 8 unspecified atom stereocenters. The third-order valence-corrected chi connectivity index (χ3v) is 12.2. The summed E-state index contributed by atoms with van der Waals surface area (Å²) in [5.41, 5.74) is 4.37. The highest BCUT2D eigenvalue weighted by atomic mass is 16.5. The van der Waals surface area contributed by atoms with Crippen LogP contribution in [-0.2, 0) is 4.74 Å². The summed E-state index contributed by atoms with van der Waals surface area (Å²) in [5, 5.41) is 3.62. The van der Waals surface area contributed by atoms with E-state index < -0.39 is 0 Å². The molecule has 4 aliphatic carbocycles. The molecule has 2 saturated carbocycles. The first-order valence-electron chi connectivity index (χ1n) is 15.0. The fourth-order valence-corrected chi connectivity index (χ4v) is 9.33. The Morgan fingerprint density at radius 1 is 1.05 bits per heavy atom. The molecule has 1 aromatic carbocycles. The van der Waals surface area contributed by atoms with Crippen molar-refractivity contribution in [1.82, 2.24) is 10.2 Å². The lowest BCUT2D eigenvalue weighted by molar-refractivity contribution is -0.0186. The van der Waals surface area contributed by atoms with Gasteiger partial charge in [0, 0.05) is 17.5 Å². The zero-order valence-electron chi connectivity index (χ0n) is 24.8. The summed E-state index contributed by atoms with van der Waals surface area (Å²) in [7, 11) is 6.57. The number of carbonyl (C=O) groups is 1. The predicted molar refractivity (Wildman–Crippen MR) is 156 cm³/mol. The van der Waals surface area contributed by atoms with Crippen molar-refractivity contribution in [2.45, 2.75) is 84.7 Å². The van der Waals surface area contributed by atoms with Crippen molar-refractivity contribution in [3.63, 3.8) is 0 Å². The number of rotatable bonds is 6. The summed E-state index contributed by atoms with van der Waals surface area (Å²) in [6.07, 6.45) is 13.7. The molecule has 0 spiro atoms. The molecule has 8 atom stereocenters. The summed E-state index contributed by atoms with van der Waals surface area (Å²) in [6, 6.07) is 10.4. The average Bonchev–Trinajstić information content (AvgIpc) is 3.05. The molecule has 0 saturated heterocycles. The van der Waals surface area contributed by atoms with Crippen molar-refractivity contribution in [2.75, 3.05) is 27.7 Å². The summed E-state index contributed by atoms with van der Waals surface area (Å²) < 4.78 is 6.05. The number of fused-ring (bicyclic) bond motifs is 4. The van der Waals surface area contributed by atoms with Gasteiger partial charge in [-0.25, -0.2) is 4.79 Å². The van der Waals surface area contributed by atoms with E-state index in [4.69, 9.17) is 4.74 Å². The molecule has 4 aliphatic rings. The van der Waals surface area contributed by atoms with Gasteiger partial charge in [-0.05, 0) is 119 Å². The van der Waals surface area contributed by atoms with Gasteiger partial charge in [0.05, 0.1) is 12.2 Å². The number of carbonyl (C=O) groups excluding carboxylic acids is 1. The Kier molecular flexibility index (Phi) is 7.45. The summed E-state index contributed by atoms with van der Waals surface area (Å²) in [4.78, 5) is 15.4. The largest absolute Gasteiger partial charge is 0.461 e. The lowest BCUT2D eigenvalue weighted by Crippen LogP contribution is -2.53. The van der Waals surface area contributed by atoms with Crippen LogP contribution < -0.4 is 5.32 Å². The minimum Gasteiger partial charge on any atom is -0.461 e. The maximum Gasteiger partial charge on any atom is 0.338 e. The number of hydrogen-bond acceptors (Lipinski definition) is 4. The molecule has 0 aliphatic heterocycles. The molecule has 38 heavy (non-hydrogen) atoms. The summed E-state index contributed by atoms with van der Waals surface area (Å²) >= 11 is 0. The Labute approximate surface area is 231 Å². The predicted octanol–water partition coefficient (Wildman–Crippen LogP) is 6.89. The Morgan fingerprint density at radius 3 is 2.45 bits per heavy atom. The maximum atomic E-state index is 12.9. The van der Waals surface area contributed by atoms with Gasteiger partial charge in [-0.1, -0.05) is 56.7 Å². The van der Waals surface area contributed by atoms with Crippen LogP contribution in [0.3, 0.4) is 0 Å². The first-order chi connectivity index (χ1) is 18.0. The van der Waals surface area contributed by atoms with Crippen molar-refractivity contribution in [1.29, 1.82) is 0 Å². The normalized spacial score (nSPS) is 39.3. The van der Waals surface area contributed by atoms with E-state index in [-0.39, 0.29) is 11.4 Å². The number of esters is 1. The number of nitrogens with zero attached hydrogens (tertiary/aromatic N) is 1. The smallest absolute Gasteiger partial charge is 0.338 e. The quantitative estimate of drug-likeness (QED) is 0.417. The van der Waals surface area contributed by atoms with Crippen molar-refractivity contribution >= 4 is 5.97 Å². The molecule has 0 aromatic heterocycles. The second-order valence-electron chi connectivity index (χ2n) is 13.8. The van der Waals surface area contributed by atoms with Gasteiger partial charge >= 0.3 is 5.97 Å². The van der Waals surface area contributed by atoms with E-state index in [0.29, 0.717) is 46.9 Å². The Balaban J connectivity index is 1.41. The van der Waals surface area contributed by atoms with Gasteiger partial charge in [-0.3, -0.25) is 0 Å². The molecule has 4 heteroatoms. The average molecular weight is 519 g/mol. The van der Waals surface area contributed by atoms with Crippen LogP contribution in [0.2, 0.25) is 0 Å². The lowest BCUT2D eigenvalue weighted by atomic mass is 9.51. The van der Waals surface area contributed by atoms with E-state index in [1.54, 1.807) is 11.1 Å². The molecule has 4 nitrogen and oxygen atoms in total. The molecule has 0 heterocycles. The molecule has 1 aromatic rings. The van der Waals surface area contributed by atoms with E-state index in [1.807, 2.05) is 30.3 Å². The van der Waals surface area contributed by atoms with Gasteiger partial charge in [0.1, 0.15) is 0 Å². The van der Waals surface area contributed by atoms with Crippen LogP contribution in [0.25, 0.3) is 0 Å². The van der Waals surface area contributed by atoms with Gasteiger partial charge < -0.3 is 15.0 Å². The highest BCUT2D eigenvalue weighted by Gasteiger charge is 2.61. The van der Waals surface area contributed by atoms with Gasteiger partial charge in [0.2, 0.25) is 0 Å². The third kappa shape index (κ3) is 4.31. The van der Waals surface area contributed by atoms with Gasteiger partial charge in [-0.2, -0.15) is 0 Å². The standard InChI is InChI=1S/C34H50N2O2/c1-23(36(6)7)27-18-20-34(4)29-15-14-28-25(21-26(29)17-19-33(27,34)3)13-16-30(35-5)32(28,2)22-38-31(37)24-11-9-8-10-12-24/h8-12,17,21,23,27-30,35H,13-16,18-20,22H2,1-7H3. The Bertz CT molecular complexity index is 1090. The van der Waals surface area contributed by atoms with E-state index in [0.717, 1.165) is 18.8 Å². The van der Waals surface area contributed by atoms with Gasteiger partial charge in [-0.15, -0.1) is 0 Å². The summed E-state index contributed by atoms with van der Waals surface area (Å²) in [6.45, 7) is 10.5. The number of nitrogens with one attached hydrogen (secondary N) is 1. The Hall–Kier alpha value is -1.91. The minimum absolute atomic E-state index is 0.126. The molecular formula is C34H50N2O2. The first-order valence-corrected chi connectivity index (χ1v) is 15.0. The van der Waals surface area contributed by atoms with Crippen molar-refractivity contribution < 1.29 is 9.53 Å². The molecular weight excluding hydrogens is 468 g/mol. The van der Waals surface area contributed by atoms with Crippen LogP contribution in [-0.4, -0.2) is 50.7 Å². The second-order valence-corrected chi connectivity index (χ2v) is 13.8. The van der Waals surface area contributed by atoms with Crippen LogP contribution in [0.5, 0.6) is 0 Å². The van der Waals surface area contributed by atoms with Crippen molar-refractivity contribution in [3.05, 3.63) is 59.2 Å². The molecule has 0 bridgehead atoms. The van der Waals surface area contributed by atoms with Crippen molar-refractivity contribution in [2.24, 2.45) is 34.0 Å². The fourth-order valence-electron chi connectivity index (χ4n) is 9.33. The van der Waals surface area contributed by atoms with Crippen LogP contribution in [0.4, 0.5) is 0 Å². The molecule has 0 radical (unpaired) electrons. The van der Waals surface area contributed by atoms with Crippen LogP contribution in [0, 0.1) is 34.0 Å². The molecule has 0 amide bonds. The number of benzene rings is 1. The van der Waals surface area contributed by atoms with E-state index in [1.165, 1.54) is 32.1 Å². The second kappa shape index (κ2) is 10.2. The van der Waals surface area contributed by atoms with Crippen molar-refractivity contribution in [3.8, 4) is 0 Å². The van der Waals surface area contributed by atoms with E-state index >= 15 is 0 Å². The highest BCUT2D eigenvalue weighted by molar-refractivity contribution is 5.89. The number of allylic oxidation sites excluding steroid dienone is 4. The molecule has 5 rings (SSSR count). The fraction of sp³-hybridized carbons (Fsp3) is 0.676. The minimum atomic E-state index is -0.210. The van der Waals surface area contributed by atoms with Crippen LogP contribution >= 0.6 is 0 Å². The van der Waals surface area contributed by atoms with Crippen LogP contribution in [0.15, 0.2) is 53.6 Å². The molecule has 1 N–H and O–H groups in total. The molecule has 208 valence electrons. The SMILES string of the molecule is CNC1CCC2=CC3=CCC4(C)C(C(C)N(C)C)CCC4(C)C3CCC2C1(C)COC(=O)c1ccccc1. The monoisotopic (exact) mass is 518 g/mol. The summed E-state index contributed by atoms with van der Waals surface area (Å²) in [5.74, 6) is 1.56. The topological polar surface area (TPSA) is 41.6 Å². The van der Waals surface area contributed by atoms with Gasteiger partial charge in [0.15, 0.2) is 0 Å². The number of hydrogen-bond donors (Lipinski definition) is 1. The number of ether oxygens (including phenoxy) is 1. The Morgan fingerprint density at radius 2 is 1.76 bits per heavy atom. The third-order valence-electron chi connectivity index (χ3n) is 12.2.